The summed E-state index contributed by atoms with van der Waals surface area (Å²) in [6, 6.07) is 5.30. The third-order valence-electron chi connectivity index (χ3n) is 4.13. The van der Waals surface area contributed by atoms with Gasteiger partial charge in [-0.05, 0) is 43.5 Å². The predicted molar refractivity (Wildman–Crippen MR) is 97.5 cm³/mol. The Kier molecular flexibility index (Phi) is 8.13. The first-order chi connectivity index (χ1) is 11.7. The molecule has 1 aliphatic carbocycles. The number of amides is 1. The van der Waals surface area contributed by atoms with Crippen LogP contribution < -0.4 is 10.1 Å². The van der Waals surface area contributed by atoms with Gasteiger partial charge in [0.15, 0.2) is 0 Å². The van der Waals surface area contributed by atoms with E-state index in [1.807, 2.05) is 0 Å². The van der Waals surface area contributed by atoms with E-state index >= 15 is 0 Å². The predicted octanol–water partition coefficient (Wildman–Crippen LogP) is 4.22. The number of carbonyl (C=O) groups excluding carboxylic acids is 1. The molecule has 0 unspecified atom stereocenters. The Labute approximate surface area is 149 Å². The Morgan fingerprint density at radius 3 is 2.88 bits per heavy atom. The number of methoxy groups -OCH3 is 1. The van der Waals surface area contributed by atoms with E-state index in [0.717, 1.165) is 12.0 Å². The van der Waals surface area contributed by atoms with Gasteiger partial charge in [0, 0.05) is 29.8 Å². The van der Waals surface area contributed by atoms with Gasteiger partial charge in [0.05, 0.1) is 13.2 Å². The number of rotatable bonds is 8. The molecular weight excluding hydrogens is 326 g/mol. The molecule has 24 heavy (non-hydrogen) atoms. The minimum atomic E-state index is -0.130. The van der Waals surface area contributed by atoms with Crippen LogP contribution >= 0.6 is 11.6 Å². The first-order valence-corrected chi connectivity index (χ1v) is 8.98. The van der Waals surface area contributed by atoms with Crippen molar-refractivity contribution in [1.82, 2.24) is 5.32 Å². The van der Waals surface area contributed by atoms with E-state index in [0.29, 0.717) is 30.0 Å². The molecule has 1 aromatic carbocycles. The maximum atomic E-state index is 11.9. The van der Waals surface area contributed by atoms with Gasteiger partial charge in [0.2, 0.25) is 5.91 Å². The molecule has 0 aliphatic heterocycles. The minimum absolute atomic E-state index is 0.130. The van der Waals surface area contributed by atoms with Crippen molar-refractivity contribution in [3.63, 3.8) is 0 Å². The summed E-state index contributed by atoms with van der Waals surface area (Å²) in [6.07, 6.45) is 10.7. The van der Waals surface area contributed by atoms with Crippen molar-refractivity contribution < 1.29 is 14.3 Å². The molecule has 0 atom stereocenters. The second-order valence-corrected chi connectivity index (χ2v) is 6.43. The van der Waals surface area contributed by atoms with E-state index in [4.69, 9.17) is 21.1 Å². The van der Waals surface area contributed by atoms with Crippen LogP contribution in [0.2, 0.25) is 5.02 Å². The van der Waals surface area contributed by atoms with E-state index in [2.05, 4.69) is 5.32 Å². The molecule has 0 aromatic heterocycles. The van der Waals surface area contributed by atoms with Crippen LogP contribution in [0.1, 0.15) is 44.1 Å². The summed E-state index contributed by atoms with van der Waals surface area (Å²) in [7, 11) is 1.59. The summed E-state index contributed by atoms with van der Waals surface area (Å²) < 4.78 is 11.1. The maximum absolute atomic E-state index is 11.9. The number of carbonyl (C=O) groups is 1. The van der Waals surface area contributed by atoms with Crippen LogP contribution in [0.3, 0.4) is 0 Å². The zero-order valence-electron chi connectivity index (χ0n) is 14.2. The van der Waals surface area contributed by atoms with Crippen LogP contribution in [0.15, 0.2) is 24.3 Å². The van der Waals surface area contributed by atoms with Crippen molar-refractivity contribution in [1.29, 1.82) is 0 Å². The Morgan fingerprint density at radius 2 is 2.12 bits per heavy atom. The number of benzene rings is 1. The largest absolute Gasteiger partial charge is 0.496 e. The average Bonchev–Trinajstić information content (AvgIpc) is 2.60. The second-order valence-electron chi connectivity index (χ2n) is 5.99. The highest BCUT2D eigenvalue weighted by Gasteiger charge is 2.12. The number of halogens is 1. The molecule has 0 bridgehead atoms. The molecule has 1 fully saturated rings. The van der Waals surface area contributed by atoms with E-state index < -0.39 is 0 Å². The molecule has 1 amide bonds. The number of hydrogen-bond acceptors (Lipinski definition) is 3. The molecule has 0 saturated heterocycles. The summed E-state index contributed by atoms with van der Waals surface area (Å²) in [5.74, 6) is 0.555. The lowest BCUT2D eigenvalue weighted by Gasteiger charge is -2.21. The lowest BCUT2D eigenvalue weighted by molar-refractivity contribution is -0.116. The quantitative estimate of drug-likeness (QED) is 0.563. The number of nitrogens with one attached hydrogen (secondary N) is 1. The van der Waals surface area contributed by atoms with Gasteiger partial charge in [-0.25, -0.2) is 0 Å². The first-order valence-electron chi connectivity index (χ1n) is 8.60. The minimum Gasteiger partial charge on any atom is -0.496 e. The summed E-state index contributed by atoms with van der Waals surface area (Å²) in [5.41, 5.74) is 0.779. The topological polar surface area (TPSA) is 47.6 Å². The fourth-order valence-corrected chi connectivity index (χ4v) is 3.01. The highest BCUT2D eigenvalue weighted by atomic mass is 35.5. The van der Waals surface area contributed by atoms with Gasteiger partial charge in [-0.2, -0.15) is 0 Å². The van der Waals surface area contributed by atoms with E-state index in [9.17, 15) is 4.79 Å². The molecule has 0 radical (unpaired) electrons. The lowest BCUT2D eigenvalue weighted by Crippen LogP contribution is -2.24. The highest BCUT2D eigenvalue weighted by molar-refractivity contribution is 6.30. The molecule has 5 heteroatoms. The van der Waals surface area contributed by atoms with Crippen LogP contribution in [0.5, 0.6) is 5.75 Å². The Hall–Kier alpha value is -1.52. The SMILES string of the molecule is COc1ccc(Cl)cc1/C=C/C(=O)NCCCOC1CCCCC1. The zero-order valence-corrected chi connectivity index (χ0v) is 15.0. The Bertz CT molecular complexity index is 554. The summed E-state index contributed by atoms with van der Waals surface area (Å²) in [5, 5.41) is 3.47. The van der Waals surface area contributed by atoms with Gasteiger partial charge in [-0.3, -0.25) is 4.79 Å². The normalized spacial score (nSPS) is 15.6. The van der Waals surface area contributed by atoms with Crippen LogP contribution in [0.4, 0.5) is 0 Å². The molecule has 2 rings (SSSR count). The number of hydrogen-bond donors (Lipinski definition) is 1. The summed E-state index contributed by atoms with van der Waals surface area (Å²) in [6.45, 7) is 1.32. The molecule has 1 aliphatic rings. The Balaban J connectivity index is 1.66. The van der Waals surface area contributed by atoms with Gasteiger partial charge in [0.25, 0.3) is 0 Å². The average molecular weight is 352 g/mol. The standard InChI is InChI=1S/C19H26ClNO3/c1-23-18-10-9-16(20)14-15(18)8-11-19(22)21-12-5-13-24-17-6-3-2-4-7-17/h8-11,14,17H,2-7,12-13H2,1H3,(H,21,22)/b11-8+. The fourth-order valence-electron chi connectivity index (χ4n) is 2.83. The van der Waals surface area contributed by atoms with Gasteiger partial charge >= 0.3 is 0 Å². The van der Waals surface area contributed by atoms with E-state index in [-0.39, 0.29) is 5.91 Å². The molecular formula is C19H26ClNO3. The van der Waals surface area contributed by atoms with E-state index in [1.165, 1.54) is 38.2 Å². The molecule has 132 valence electrons. The van der Waals surface area contributed by atoms with Gasteiger partial charge in [-0.15, -0.1) is 0 Å². The molecule has 4 nitrogen and oxygen atoms in total. The zero-order chi connectivity index (χ0) is 17.2. The molecule has 1 saturated carbocycles. The highest BCUT2D eigenvalue weighted by Crippen LogP contribution is 2.23. The lowest BCUT2D eigenvalue weighted by atomic mass is 9.98. The van der Waals surface area contributed by atoms with Crippen molar-refractivity contribution in [2.75, 3.05) is 20.3 Å². The molecule has 0 heterocycles. The van der Waals surface area contributed by atoms with Crippen molar-refractivity contribution in [3.05, 3.63) is 34.9 Å². The van der Waals surface area contributed by atoms with Crippen LogP contribution in [-0.2, 0) is 9.53 Å². The Morgan fingerprint density at radius 1 is 1.33 bits per heavy atom. The van der Waals surface area contributed by atoms with Crippen molar-refractivity contribution in [3.8, 4) is 5.75 Å². The van der Waals surface area contributed by atoms with E-state index in [1.54, 1.807) is 31.4 Å². The van der Waals surface area contributed by atoms with Crippen LogP contribution in [-0.4, -0.2) is 32.3 Å². The second kappa shape index (κ2) is 10.4. The third-order valence-corrected chi connectivity index (χ3v) is 4.37. The number of ether oxygens (including phenoxy) is 2. The smallest absolute Gasteiger partial charge is 0.244 e. The first kappa shape index (κ1) is 18.8. The van der Waals surface area contributed by atoms with Crippen LogP contribution in [0.25, 0.3) is 6.08 Å². The van der Waals surface area contributed by atoms with Crippen LogP contribution in [0, 0.1) is 0 Å². The summed E-state index contributed by atoms with van der Waals surface area (Å²) in [4.78, 5) is 11.9. The van der Waals surface area contributed by atoms with Crippen molar-refractivity contribution in [2.24, 2.45) is 0 Å². The molecule has 0 spiro atoms. The third kappa shape index (κ3) is 6.54. The maximum Gasteiger partial charge on any atom is 0.244 e. The van der Waals surface area contributed by atoms with Gasteiger partial charge in [0.1, 0.15) is 5.75 Å². The van der Waals surface area contributed by atoms with Gasteiger partial charge in [-0.1, -0.05) is 30.9 Å². The van der Waals surface area contributed by atoms with Crippen molar-refractivity contribution >= 4 is 23.6 Å². The molecule has 1 aromatic rings. The monoisotopic (exact) mass is 351 g/mol. The molecule has 1 N–H and O–H groups in total. The van der Waals surface area contributed by atoms with Gasteiger partial charge < -0.3 is 14.8 Å². The summed E-state index contributed by atoms with van der Waals surface area (Å²) >= 11 is 5.97. The fraction of sp³-hybridized carbons (Fsp3) is 0.526. The van der Waals surface area contributed by atoms with Crippen molar-refractivity contribution in [2.45, 2.75) is 44.6 Å².